The third-order valence-electron chi connectivity index (χ3n) is 3.30. The molecule has 28 heavy (non-hydrogen) atoms. The van der Waals surface area contributed by atoms with Crippen LogP contribution in [0.15, 0.2) is 47.4 Å². The fourth-order valence-electron chi connectivity index (χ4n) is 2.06. The molecule has 0 unspecified atom stereocenters. The smallest absolute Gasteiger partial charge is 0.387 e. The molecule has 150 valence electrons. The lowest BCUT2D eigenvalue weighted by molar-refractivity contribution is -0.119. The molecule has 0 aliphatic rings. The van der Waals surface area contributed by atoms with Crippen LogP contribution < -0.4 is 10.1 Å². The summed E-state index contributed by atoms with van der Waals surface area (Å²) in [5.74, 6) is -2.26. The molecule has 0 fully saturated rings. The van der Waals surface area contributed by atoms with Gasteiger partial charge in [-0.1, -0.05) is 23.7 Å². The number of ether oxygens (including phenoxy) is 2. The van der Waals surface area contributed by atoms with E-state index in [9.17, 15) is 26.8 Å². The summed E-state index contributed by atoms with van der Waals surface area (Å²) in [6.07, 6.45) is 0.989. The average molecular weight is 434 g/mol. The average Bonchev–Trinajstić information content (AvgIpc) is 2.60. The minimum absolute atomic E-state index is 0.00655. The van der Waals surface area contributed by atoms with Crippen LogP contribution in [-0.4, -0.2) is 39.8 Å². The van der Waals surface area contributed by atoms with Gasteiger partial charge >= 0.3 is 12.6 Å². The highest BCUT2D eigenvalue weighted by molar-refractivity contribution is 7.90. The van der Waals surface area contributed by atoms with E-state index in [1.54, 1.807) is 0 Å². The topological polar surface area (TPSA) is 98.8 Å². The maximum Gasteiger partial charge on any atom is 0.387 e. The van der Waals surface area contributed by atoms with Crippen LogP contribution in [0.1, 0.15) is 10.4 Å². The van der Waals surface area contributed by atoms with Crippen molar-refractivity contribution in [3.05, 3.63) is 53.1 Å². The fourth-order valence-corrected chi connectivity index (χ4v) is 2.87. The normalized spacial score (nSPS) is 11.2. The van der Waals surface area contributed by atoms with Gasteiger partial charge in [0.1, 0.15) is 11.3 Å². The largest absolute Gasteiger partial charge is 0.452 e. The number of anilines is 1. The molecular weight excluding hydrogens is 420 g/mol. The second kappa shape index (κ2) is 8.98. The van der Waals surface area contributed by atoms with Crippen molar-refractivity contribution in [3.8, 4) is 5.75 Å². The highest BCUT2D eigenvalue weighted by Crippen LogP contribution is 2.25. The Morgan fingerprint density at radius 1 is 1.18 bits per heavy atom. The molecule has 2 aromatic carbocycles. The van der Waals surface area contributed by atoms with E-state index in [1.165, 1.54) is 30.3 Å². The van der Waals surface area contributed by atoms with E-state index in [4.69, 9.17) is 16.3 Å². The Labute approximate surface area is 164 Å². The highest BCUT2D eigenvalue weighted by atomic mass is 35.5. The molecule has 0 aliphatic heterocycles. The first-order valence-electron chi connectivity index (χ1n) is 7.58. The Bertz CT molecular complexity index is 997. The van der Waals surface area contributed by atoms with Crippen molar-refractivity contribution in [1.29, 1.82) is 0 Å². The first-order chi connectivity index (χ1) is 13.1. The molecule has 0 radical (unpaired) electrons. The number of amides is 1. The van der Waals surface area contributed by atoms with Gasteiger partial charge in [0.25, 0.3) is 5.91 Å². The molecule has 0 heterocycles. The van der Waals surface area contributed by atoms with E-state index in [2.05, 4.69) is 10.1 Å². The Morgan fingerprint density at radius 3 is 2.50 bits per heavy atom. The van der Waals surface area contributed by atoms with E-state index < -0.39 is 40.7 Å². The van der Waals surface area contributed by atoms with Gasteiger partial charge in [0.05, 0.1) is 15.6 Å². The van der Waals surface area contributed by atoms with Gasteiger partial charge in [-0.15, -0.1) is 0 Å². The Morgan fingerprint density at radius 2 is 1.86 bits per heavy atom. The van der Waals surface area contributed by atoms with Crippen LogP contribution in [-0.2, 0) is 19.4 Å². The number of hydrogen-bond acceptors (Lipinski definition) is 6. The van der Waals surface area contributed by atoms with Crippen molar-refractivity contribution < 1.29 is 36.3 Å². The third kappa shape index (κ3) is 5.89. The van der Waals surface area contributed by atoms with Crippen LogP contribution in [0.25, 0.3) is 0 Å². The molecule has 2 rings (SSSR count). The number of esters is 1. The molecule has 0 saturated carbocycles. The summed E-state index contributed by atoms with van der Waals surface area (Å²) >= 11 is 5.91. The number of halogens is 3. The lowest BCUT2D eigenvalue weighted by Gasteiger charge is -2.11. The number of hydrogen-bond donors (Lipinski definition) is 1. The van der Waals surface area contributed by atoms with Gasteiger partial charge in [-0.3, -0.25) is 4.79 Å². The van der Waals surface area contributed by atoms with Gasteiger partial charge in [0, 0.05) is 6.26 Å². The number of rotatable bonds is 7. The molecule has 0 saturated heterocycles. The number of carbonyl (C=O) groups excluding carboxylic acids is 2. The van der Waals surface area contributed by atoms with Gasteiger partial charge < -0.3 is 14.8 Å². The molecule has 11 heteroatoms. The van der Waals surface area contributed by atoms with Crippen molar-refractivity contribution in [3.63, 3.8) is 0 Å². The molecule has 7 nitrogen and oxygen atoms in total. The summed E-state index contributed by atoms with van der Waals surface area (Å²) in [6.45, 7) is -3.90. The monoisotopic (exact) mass is 433 g/mol. The van der Waals surface area contributed by atoms with Crippen molar-refractivity contribution in [2.24, 2.45) is 0 Å². The highest BCUT2D eigenvalue weighted by Gasteiger charge is 2.18. The van der Waals surface area contributed by atoms with Gasteiger partial charge in [-0.05, 0) is 30.3 Å². The summed E-state index contributed by atoms with van der Waals surface area (Å²) in [4.78, 5) is 23.9. The first-order valence-corrected chi connectivity index (χ1v) is 9.85. The van der Waals surface area contributed by atoms with Crippen LogP contribution in [0.2, 0.25) is 5.02 Å². The number of nitrogens with one attached hydrogen (secondary N) is 1. The summed E-state index contributed by atoms with van der Waals surface area (Å²) in [6, 6.07) is 8.86. The number of sulfone groups is 1. The van der Waals surface area contributed by atoms with Crippen LogP contribution in [0.3, 0.4) is 0 Å². The van der Waals surface area contributed by atoms with Gasteiger partial charge in [-0.25, -0.2) is 13.2 Å². The summed E-state index contributed by atoms with van der Waals surface area (Å²) in [7, 11) is -3.52. The van der Waals surface area contributed by atoms with E-state index in [1.807, 2.05) is 0 Å². The van der Waals surface area contributed by atoms with E-state index in [-0.39, 0.29) is 21.2 Å². The molecule has 0 spiro atoms. The maximum atomic E-state index is 12.4. The third-order valence-corrected chi connectivity index (χ3v) is 4.74. The zero-order valence-corrected chi connectivity index (χ0v) is 15.9. The molecule has 1 amide bonds. The first kappa shape index (κ1) is 21.6. The van der Waals surface area contributed by atoms with E-state index in [0.717, 1.165) is 18.4 Å². The van der Waals surface area contributed by atoms with Crippen LogP contribution in [0.4, 0.5) is 14.5 Å². The minimum atomic E-state index is -3.52. The van der Waals surface area contributed by atoms with Crippen LogP contribution in [0, 0.1) is 0 Å². The Kier molecular flexibility index (Phi) is 6.92. The van der Waals surface area contributed by atoms with Gasteiger partial charge in [0.2, 0.25) is 0 Å². The summed E-state index contributed by atoms with van der Waals surface area (Å²) < 4.78 is 56.9. The summed E-state index contributed by atoms with van der Waals surface area (Å²) in [5.41, 5.74) is -0.278. The number of carbonyl (C=O) groups is 2. The van der Waals surface area contributed by atoms with Crippen LogP contribution >= 0.6 is 11.6 Å². The molecule has 0 aromatic heterocycles. The Hall–Kier alpha value is -2.72. The number of benzene rings is 2. The zero-order chi connectivity index (χ0) is 20.9. The van der Waals surface area contributed by atoms with Crippen molar-refractivity contribution in [1.82, 2.24) is 0 Å². The number of alkyl halides is 2. The molecule has 1 N–H and O–H groups in total. The molecule has 0 aliphatic carbocycles. The fraction of sp³-hybridized carbons (Fsp3) is 0.176. The Balaban J connectivity index is 2.05. The molecule has 2 aromatic rings. The molecule has 0 atom stereocenters. The lowest BCUT2D eigenvalue weighted by Crippen LogP contribution is -2.21. The standard InChI is InChI=1S/C17H14ClF2NO6S/c1-28(24,25)10-6-7-12(18)13(8-10)21-15(22)9-26-16(23)11-4-2-3-5-14(11)27-17(19)20/h2-8,17H,9H2,1H3,(H,21,22). The zero-order valence-electron chi connectivity index (χ0n) is 14.3. The van der Waals surface area contributed by atoms with Crippen molar-refractivity contribution >= 4 is 39.0 Å². The van der Waals surface area contributed by atoms with Gasteiger partial charge in [-0.2, -0.15) is 8.78 Å². The minimum Gasteiger partial charge on any atom is -0.452 e. The van der Waals surface area contributed by atoms with E-state index in [0.29, 0.717) is 0 Å². The van der Waals surface area contributed by atoms with Crippen LogP contribution in [0.5, 0.6) is 5.75 Å². The SMILES string of the molecule is CS(=O)(=O)c1ccc(Cl)c(NC(=O)COC(=O)c2ccccc2OC(F)F)c1. The predicted octanol–water partition coefficient (Wildman–Crippen LogP) is 3.14. The van der Waals surface area contributed by atoms with Crippen molar-refractivity contribution in [2.45, 2.75) is 11.5 Å². The second-order valence-corrected chi connectivity index (χ2v) is 7.84. The van der Waals surface area contributed by atoms with Crippen molar-refractivity contribution in [2.75, 3.05) is 18.2 Å². The predicted molar refractivity (Wildman–Crippen MR) is 96.5 cm³/mol. The lowest BCUT2D eigenvalue weighted by atomic mass is 10.2. The maximum absolute atomic E-state index is 12.4. The summed E-state index contributed by atoms with van der Waals surface area (Å²) in [5, 5.41) is 2.38. The second-order valence-electron chi connectivity index (χ2n) is 5.41. The van der Waals surface area contributed by atoms with Gasteiger partial charge in [0.15, 0.2) is 16.4 Å². The molecular formula is C17H14ClF2NO6S. The van der Waals surface area contributed by atoms with E-state index >= 15 is 0 Å². The number of para-hydroxylation sites is 1. The quantitative estimate of drug-likeness (QED) is 0.673. The molecule has 0 bridgehead atoms.